The van der Waals surface area contributed by atoms with Gasteiger partial charge in [-0.1, -0.05) is 36.7 Å². The van der Waals surface area contributed by atoms with E-state index in [2.05, 4.69) is 26.1 Å². The highest BCUT2D eigenvalue weighted by molar-refractivity contribution is 5.99. The number of nitrogens with zero attached hydrogens (tertiary/aromatic N) is 2. The van der Waals surface area contributed by atoms with Crippen molar-refractivity contribution in [3.05, 3.63) is 71.2 Å². The number of hydrogen-bond donors (Lipinski definition) is 4. The average Bonchev–Trinajstić information content (AvgIpc) is 3.19. The summed E-state index contributed by atoms with van der Waals surface area (Å²) < 4.78 is 5.35. The molecule has 3 amide bonds. The van der Waals surface area contributed by atoms with Gasteiger partial charge in [-0.05, 0) is 43.2 Å². The maximum Gasteiger partial charge on any atom is 0.324 e. The van der Waals surface area contributed by atoms with Crippen LogP contribution in [0.5, 0.6) is 0 Å². The molecule has 0 spiro atoms. The van der Waals surface area contributed by atoms with Crippen molar-refractivity contribution in [3.8, 4) is 0 Å². The molecule has 0 aliphatic rings. The largest absolute Gasteiger partial charge is 0.481 e. The van der Waals surface area contributed by atoms with E-state index in [-0.39, 0.29) is 31.2 Å². The van der Waals surface area contributed by atoms with Gasteiger partial charge in [0, 0.05) is 23.9 Å². The third kappa shape index (κ3) is 7.66. The molecule has 1 atom stereocenters. The van der Waals surface area contributed by atoms with Crippen LogP contribution in [0.3, 0.4) is 0 Å². The van der Waals surface area contributed by atoms with Crippen LogP contribution < -0.4 is 16.0 Å². The number of pyridine rings is 1. The van der Waals surface area contributed by atoms with Crippen LogP contribution >= 0.6 is 0 Å². The Morgan fingerprint density at radius 2 is 1.86 bits per heavy atom. The molecule has 0 bridgehead atoms. The third-order valence-corrected chi connectivity index (χ3v) is 5.29. The smallest absolute Gasteiger partial charge is 0.324 e. The van der Waals surface area contributed by atoms with Crippen LogP contribution in [0.15, 0.2) is 53.2 Å². The van der Waals surface area contributed by atoms with E-state index in [0.29, 0.717) is 29.4 Å². The van der Waals surface area contributed by atoms with Gasteiger partial charge in [0.25, 0.3) is 0 Å². The molecule has 10 heteroatoms. The number of nitrogens with one attached hydrogen (secondary N) is 3. The SMILES string of the molecule is CCCC(NC(=O)Cc1ccc(NC(=O)Nc2ccccn2)cc1)c1c(C)noc1CCC(=O)O. The van der Waals surface area contributed by atoms with Gasteiger partial charge in [-0.2, -0.15) is 0 Å². The topological polar surface area (TPSA) is 146 Å². The standard InChI is InChI=1S/C25H29N5O5/c1-3-6-19(24-16(2)30-35-20(24)12-13-23(32)33)28-22(31)15-17-8-10-18(11-9-17)27-25(34)29-21-7-4-5-14-26-21/h4-5,7-11,14,19H,3,6,12-13,15H2,1-2H3,(H,28,31)(H,32,33)(H2,26,27,29,34). The van der Waals surface area contributed by atoms with Gasteiger partial charge in [0.1, 0.15) is 11.6 Å². The fourth-order valence-corrected chi connectivity index (χ4v) is 3.70. The van der Waals surface area contributed by atoms with E-state index in [1.54, 1.807) is 55.6 Å². The monoisotopic (exact) mass is 479 g/mol. The maximum atomic E-state index is 12.8. The maximum absolute atomic E-state index is 12.8. The lowest BCUT2D eigenvalue weighted by molar-refractivity contribution is -0.137. The van der Waals surface area contributed by atoms with Crippen LogP contribution in [0.25, 0.3) is 0 Å². The number of rotatable bonds is 11. The van der Waals surface area contributed by atoms with Crippen LogP contribution in [0.2, 0.25) is 0 Å². The van der Waals surface area contributed by atoms with Gasteiger partial charge in [0.05, 0.1) is 24.6 Å². The van der Waals surface area contributed by atoms with Crippen LogP contribution in [0.1, 0.15) is 54.8 Å². The second-order valence-corrected chi connectivity index (χ2v) is 8.08. The zero-order valence-electron chi connectivity index (χ0n) is 19.7. The zero-order chi connectivity index (χ0) is 25.2. The predicted octanol–water partition coefficient (Wildman–Crippen LogP) is 4.24. The second kappa shape index (κ2) is 12.3. The van der Waals surface area contributed by atoms with Gasteiger partial charge in [0.15, 0.2) is 0 Å². The molecule has 10 nitrogen and oxygen atoms in total. The van der Waals surface area contributed by atoms with Gasteiger partial charge in [-0.3, -0.25) is 14.9 Å². The van der Waals surface area contributed by atoms with Crippen molar-refractivity contribution in [1.82, 2.24) is 15.5 Å². The fourth-order valence-electron chi connectivity index (χ4n) is 3.70. The lowest BCUT2D eigenvalue weighted by Gasteiger charge is -2.19. The molecule has 4 N–H and O–H groups in total. The van der Waals surface area contributed by atoms with Gasteiger partial charge in [0.2, 0.25) is 5.91 Å². The van der Waals surface area contributed by atoms with E-state index in [1.165, 1.54) is 0 Å². The minimum Gasteiger partial charge on any atom is -0.481 e. The molecule has 3 rings (SSSR count). The molecule has 184 valence electrons. The number of urea groups is 1. The number of aryl methyl sites for hydroxylation is 2. The molecule has 2 heterocycles. The first-order valence-electron chi connectivity index (χ1n) is 11.4. The first-order chi connectivity index (χ1) is 16.9. The van der Waals surface area contributed by atoms with Gasteiger partial charge in [-0.15, -0.1) is 0 Å². The molecule has 0 aliphatic heterocycles. The zero-order valence-corrected chi connectivity index (χ0v) is 19.7. The summed E-state index contributed by atoms with van der Waals surface area (Å²) in [6.45, 7) is 3.79. The fraction of sp³-hybridized carbons (Fsp3) is 0.320. The molecule has 35 heavy (non-hydrogen) atoms. The Kier molecular flexibility index (Phi) is 8.94. The number of benzene rings is 1. The minimum absolute atomic E-state index is 0.0747. The summed E-state index contributed by atoms with van der Waals surface area (Å²) in [6, 6.07) is 11.5. The number of carboxylic acid groups (broad SMARTS) is 1. The van der Waals surface area contributed by atoms with Crippen LogP contribution in [0, 0.1) is 6.92 Å². The Morgan fingerprint density at radius 1 is 1.09 bits per heavy atom. The summed E-state index contributed by atoms with van der Waals surface area (Å²) in [5, 5.41) is 21.4. The highest BCUT2D eigenvalue weighted by Crippen LogP contribution is 2.27. The van der Waals surface area contributed by atoms with Crippen LogP contribution in [-0.4, -0.2) is 33.2 Å². The van der Waals surface area contributed by atoms with Gasteiger partial charge < -0.3 is 20.3 Å². The number of amides is 3. The molecule has 0 saturated carbocycles. The first kappa shape index (κ1) is 25.4. The highest BCUT2D eigenvalue weighted by Gasteiger charge is 2.24. The number of aliphatic carboxylic acids is 1. The Balaban J connectivity index is 1.59. The van der Waals surface area contributed by atoms with Crippen molar-refractivity contribution in [2.24, 2.45) is 0 Å². The molecule has 3 aromatic rings. The van der Waals surface area contributed by atoms with E-state index in [4.69, 9.17) is 9.63 Å². The number of carboxylic acids is 1. The Bertz CT molecular complexity index is 1140. The highest BCUT2D eigenvalue weighted by atomic mass is 16.5. The normalized spacial score (nSPS) is 11.5. The Hall–Kier alpha value is -4.21. The van der Waals surface area contributed by atoms with E-state index in [1.807, 2.05) is 6.92 Å². The Labute approximate surface area is 203 Å². The van der Waals surface area contributed by atoms with Crippen molar-refractivity contribution in [2.75, 3.05) is 10.6 Å². The summed E-state index contributed by atoms with van der Waals surface area (Å²) in [7, 11) is 0. The van der Waals surface area contributed by atoms with Crippen molar-refractivity contribution in [2.45, 2.75) is 52.0 Å². The lowest BCUT2D eigenvalue weighted by Crippen LogP contribution is -2.30. The first-order valence-corrected chi connectivity index (χ1v) is 11.4. The van der Waals surface area contributed by atoms with Crippen LogP contribution in [-0.2, 0) is 22.4 Å². The van der Waals surface area contributed by atoms with Gasteiger partial charge >= 0.3 is 12.0 Å². The molecular weight excluding hydrogens is 450 g/mol. The number of aromatic nitrogens is 2. The van der Waals surface area contributed by atoms with E-state index >= 15 is 0 Å². The third-order valence-electron chi connectivity index (χ3n) is 5.29. The molecule has 0 aliphatic carbocycles. The molecule has 0 radical (unpaired) electrons. The molecular formula is C25H29N5O5. The molecule has 0 saturated heterocycles. The van der Waals surface area contributed by atoms with E-state index in [9.17, 15) is 14.4 Å². The summed E-state index contributed by atoms with van der Waals surface area (Å²) >= 11 is 0. The lowest BCUT2D eigenvalue weighted by atomic mass is 9.98. The molecule has 2 aromatic heterocycles. The van der Waals surface area contributed by atoms with Crippen molar-refractivity contribution >= 4 is 29.4 Å². The molecule has 0 fully saturated rings. The van der Waals surface area contributed by atoms with Crippen molar-refractivity contribution in [1.29, 1.82) is 0 Å². The summed E-state index contributed by atoms with van der Waals surface area (Å²) in [5.41, 5.74) is 2.75. The van der Waals surface area contributed by atoms with E-state index < -0.39 is 12.0 Å². The van der Waals surface area contributed by atoms with Crippen LogP contribution in [0.4, 0.5) is 16.3 Å². The summed E-state index contributed by atoms with van der Waals surface area (Å²) in [4.78, 5) is 39.9. The predicted molar refractivity (Wildman–Crippen MR) is 130 cm³/mol. The average molecular weight is 480 g/mol. The Morgan fingerprint density at radius 3 is 2.51 bits per heavy atom. The van der Waals surface area contributed by atoms with Crippen molar-refractivity contribution in [3.63, 3.8) is 0 Å². The quantitative estimate of drug-likeness (QED) is 0.322. The molecule has 1 unspecified atom stereocenters. The minimum atomic E-state index is -0.923. The van der Waals surface area contributed by atoms with Gasteiger partial charge in [-0.25, -0.2) is 9.78 Å². The van der Waals surface area contributed by atoms with E-state index in [0.717, 1.165) is 17.5 Å². The summed E-state index contributed by atoms with van der Waals surface area (Å²) in [6.07, 6.45) is 3.35. The number of hydrogen-bond acceptors (Lipinski definition) is 6. The number of carbonyl (C=O) groups excluding carboxylic acids is 2. The number of carbonyl (C=O) groups is 3. The summed E-state index contributed by atoms with van der Waals surface area (Å²) in [5.74, 6) is -0.174. The second-order valence-electron chi connectivity index (χ2n) is 8.08. The number of anilines is 2. The molecule has 1 aromatic carbocycles. The van der Waals surface area contributed by atoms with Crippen molar-refractivity contribution < 1.29 is 24.0 Å².